The summed E-state index contributed by atoms with van der Waals surface area (Å²) in [7, 11) is 0. The van der Waals surface area contributed by atoms with Crippen molar-refractivity contribution in [3.8, 4) is 11.4 Å². The molecule has 2 rings (SSSR count). The maximum atomic E-state index is 12.0. The van der Waals surface area contributed by atoms with E-state index in [1.54, 1.807) is 11.8 Å². The molecule has 0 aliphatic heterocycles. The molecule has 0 unspecified atom stereocenters. The number of nitrogens with zero attached hydrogens (tertiary/aromatic N) is 2. The van der Waals surface area contributed by atoms with Crippen molar-refractivity contribution >= 4 is 23.5 Å². The van der Waals surface area contributed by atoms with Crippen LogP contribution in [0, 0.1) is 6.92 Å². The topological polar surface area (TPSA) is 82.7 Å². The quantitative estimate of drug-likeness (QED) is 0.791. The van der Waals surface area contributed by atoms with E-state index in [1.165, 1.54) is 0 Å². The summed E-state index contributed by atoms with van der Waals surface area (Å²) in [6.45, 7) is 6.62. The summed E-state index contributed by atoms with van der Waals surface area (Å²) >= 11 is 1.71. The third kappa shape index (κ3) is 4.49. The van der Waals surface area contributed by atoms with Crippen LogP contribution in [0.2, 0.25) is 0 Å². The smallest absolute Gasteiger partial charge is 0.319 e. The first-order chi connectivity index (χ1) is 10.4. The van der Waals surface area contributed by atoms with Crippen LogP contribution in [0.25, 0.3) is 11.4 Å². The summed E-state index contributed by atoms with van der Waals surface area (Å²) in [5.41, 5.74) is 1.56. The number of aryl methyl sites for hydroxylation is 1. The van der Waals surface area contributed by atoms with E-state index in [9.17, 15) is 4.79 Å². The van der Waals surface area contributed by atoms with Gasteiger partial charge in [0.05, 0.1) is 0 Å². The zero-order chi connectivity index (χ0) is 16.2. The van der Waals surface area contributed by atoms with Gasteiger partial charge < -0.3 is 10.6 Å². The minimum atomic E-state index is -0.217. The molecule has 1 aromatic carbocycles. The van der Waals surface area contributed by atoms with E-state index >= 15 is 0 Å². The fraction of sp³-hybridized carbons (Fsp3) is 0.400. The standard InChI is InChI=1S/C15H21N5OS/c1-10-17-13(20-19-10)11-6-5-7-12(8-11)18-14(21)16-9-15(2,3)22-4/h5-8H,9H2,1-4H3,(H2,16,18,21)(H,17,19,20). The Morgan fingerprint density at radius 3 is 2.82 bits per heavy atom. The number of carbonyl (C=O) groups is 1. The molecule has 3 N–H and O–H groups in total. The molecule has 0 aliphatic rings. The fourth-order valence-corrected chi connectivity index (χ4v) is 1.96. The molecule has 2 amide bonds. The Kier molecular flexibility index (Phi) is 5.07. The van der Waals surface area contributed by atoms with Gasteiger partial charge in [-0.15, -0.1) is 0 Å². The van der Waals surface area contributed by atoms with Gasteiger partial charge in [0.25, 0.3) is 0 Å². The Hall–Kier alpha value is -2.02. The number of urea groups is 1. The predicted molar refractivity (Wildman–Crippen MR) is 91.2 cm³/mol. The number of hydrogen-bond donors (Lipinski definition) is 3. The lowest BCUT2D eigenvalue weighted by Crippen LogP contribution is -2.38. The monoisotopic (exact) mass is 319 g/mol. The van der Waals surface area contributed by atoms with E-state index in [0.717, 1.165) is 11.4 Å². The Morgan fingerprint density at radius 1 is 1.41 bits per heavy atom. The number of nitrogens with one attached hydrogen (secondary N) is 3. The number of aromatic nitrogens is 3. The van der Waals surface area contributed by atoms with Crippen LogP contribution in [0.5, 0.6) is 0 Å². The zero-order valence-corrected chi connectivity index (χ0v) is 14.0. The highest BCUT2D eigenvalue weighted by molar-refractivity contribution is 7.99. The second-order valence-corrected chi connectivity index (χ2v) is 7.11. The number of carbonyl (C=O) groups excluding carboxylic acids is 1. The summed E-state index contributed by atoms with van der Waals surface area (Å²) in [5.74, 6) is 1.37. The Bertz CT molecular complexity index is 653. The van der Waals surface area contributed by atoms with Crippen LogP contribution in [-0.4, -0.2) is 38.8 Å². The lowest BCUT2D eigenvalue weighted by molar-refractivity contribution is 0.251. The van der Waals surface area contributed by atoms with Crippen molar-refractivity contribution < 1.29 is 4.79 Å². The van der Waals surface area contributed by atoms with Crippen LogP contribution < -0.4 is 10.6 Å². The minimum absolute atomic E-state index is 0.00960. The van der Waals surface area contributed by atoms with Gasteiger partial charge >= 0.3 is 6.03 Å². The molecule has 0 fully saturated rings. The summed E-state index contributed by atoms with van der Waals surface area (Å²) in [6, 6.07) is 7.24. The Labute approximate surface area is 134 Å². The number of anilines is 1. The second kappa shape index (κ2) is 6.83. The lowest BCUT2D eigenvalue weighted by Gasteiger charge is -2.22. The third-order valence-corrected chi connectivity index (χ3v) is 4.45. The molecule has 22 heavy (non-hydrogen) atoms. The molecular formula is C15H21N5OS. The summed E-state index contributed by atoms with van der Waals surface area (Å²) < 4.78 is 0.00960. The summed E-state index contributed by atoms with van der Waals surface area (Å²) in [6.07, 6.45) is 2.03. The first-order valence-corrected chi connectivity index (χ1v) is 8.21. The van der Waals surface area contributed by atoms with Gasteiger partial charge in [0.15, 0.2) is 5.82 Å². The van der Waals surface area contributed by atoms with Gasteiger partial charge in [-0.1, -0.05) is 12.1 Å². The number of aromatic amines is 1. The van der Waals surface area contributed by atoms with E-state index in [1.807, 2.05) is 37.4 Å². The molecule has 0 atom stereocenters. The largest absolute Gasteiger partial charge is 0.336 e. The molecule has 0 aliphatic carbocycles. The predicted octanol–water partition coefficient (Wildman–Crippen LogP) is 3.04. The van der Waals surface area contributed by atoms with Crippen LogP contribution in [0.4, 0.5) is 10.5 Å². The van der Waals surface area contributed by atoms with Crippen LogP contribution in [-0.2, 0) is 0 Å². The van der Waals surface area contributed by atoms with E-state index in [4.69, 9.17) is 0 Å². The molecule has 7 heteroatoms. The van der Waals surface area contributed by atoms with E-state index in [-0.39, 0.29) is 10.8 Å². The number of rotatable bonds is 5. The second-order valence-electron chi connectivity index (χ2n) is 5.60. The van der Waals surface area contributed by atoms with Crippen molar-refractivity contribution in [1.82, 2.24) is 20.5 Å². The number of thioether (sulfide) groups is 1. The van der Waals surface area contributed by atoms with Crippen LogP contribution in [0.3, 0.4) is 0 Å². The van der Waals surface area contributed by atoms with Crippen LogP contribution in [0.15, 0.2) is 24.3 Å². The highest BCUT2D eigenvalue weighted by atomic mass is 32.2. The molecule has 2 aromatic rings. The molecule has 1 aromatic heterocycles. The maximum absolute atomic E-state index is 12.0. The Balaban J connectivity index is 2.00. The first-order valence-electron chi connectivity index (χ1n) is 6.99. The normalized spacial score (nSPS) is 11.3. The van der Waals surface area contributed by atoms with Gasteiger partial charge in [0, 0.05) is 22.5 Å². The highest BCUT2D eigenvalue weighted by Gasteiger charge is 2.17. The minimum Gasteiger partial charge on any atom is -0.336 e. The van der Waals surface area contributed by atoms with Crippen LogP contribution >= 0.6 is 11.8 Å². The number of hydrogen-bond acceptors (Lipinski definition) is 4. The molecule has 0 saturated carbocycles. The molecule has 118 valence electrons. The fourth-order valence-electron chi connectivity index (χ4n) is 1.75. The van der Waals surface area contributed by atoms with Crippen molar-refractivity contribution in [3.05, 3.63) is 30.1 Å². The maximum Gasteiger partial charge on any atom is 0.319 e. The number of H-pyrrole nitrogens is 1. The molecule has 0 bridgehead atoms. The van der Waals surface area contributed by atoms with Crippen molar-refractivity contribution in [2.24, 2.45) is 0 Å². The van der Waals surface area contributed by atoms with Crippen molar-refractivity contribution in [1.29, 1.82) is 0 Å². The molecule has 0 radical (unpaired) electrons. The number of benzene rings is 1. The highest BCUT2D eigenvalue weighted by Crippen LogP contribution is 2.20. The summed E-state index contributed by atoms with van der Waals surface area (Å²) in [5, 5.41) is 12.6. The molecule has 6 nitrogen and oxygen atoms in total. The lowest BCUT2D eigenvalue weighted by atomic mass is 10.2. The molecule has 0 saturated heterocycles. The summed E-state index contributed by atoms with van der Waals surface area (Å²) in [4.78, 5) is 16.2. The third-order valence-electron chi connectivity index (χ3n) is 3.20. The average molecular weight is 319 g/mol. The molecular weight excluding hydrogens is 298 g/mol. The van der Waals surface area contributed by atoms with Gasteiger partial charge in [-0.05, 0) is 39.2 Å². The van der Waals surface area contributed by atoms with Gasteiger partial charge in [-0.3, -0.25) is 5.10 Å². The zero-order valence-electron chi connectivity index (χ0n) is 13.2. The molecule has 1 heterocycles. The first kappa shape index (κ1) is 16.4. The van der Waals surface area contributed by atoms with Gasteiger partial charge in [-0.25, -0.2) is 9.78 Å². The van der Waals surface area contributed by atoms with E-state index in [0.29, 0.717) is 18.1 Å². The van der Waals surface area contributed by atoms with E-state index < -0.39 is 0 Å². The average Bonchev–Trinajstić information content (AvgIpc) is 2.92. The molecule has 0 spiro atoms. The van der Waals surface area contributed by atoms with Crippen molar-refractivity contribution in [3.63, 3.8) is 0 Å². The van der Waals surface area contributed by atoms with Crippen molar-refractivity contribution in [2.75, 3.05) is 18.1 Å². The SMILES string of the molecule is CSC(C)(C)CNC(=O)Nc1cccc(-c2n[nH]c(C)n2)c1. The van der Waals surface area contributed by atoms with Gasteiger partial charge in [0.2, 0.25) is 0 Å². The number of amides is 2. The van der Waals surface area contributed by atoms with Gasteiger partial charge in [-0.2, -0.15) is 16.9 Å². The van der Waals surface area contributed by atoms with E-state index in [2.05, 4.69) is 39.7 Å². The van der Waals surface area contributed by atoms with Crippen LogP contribution in [0.1, 0.15) is 19.7 Å². The van der Waals surface area contributed by atoms with Crippen molar-refractivity contribution in [2.45, 2.75) is 25.5 Å². The Morgan fingerprint density at radius 2 is 2.18 bits per heavy atom. The van der Waals surface area contributed by atoms with Gasteiger partial charge in [0.1, 0.15) is 5.82 Å².